The van der Waals surface area contributed by atoms with E-state index >= 15 is 0 Å². The number of hydrogen-bond donors (Lipinski definition) is 2. The number of H-pyrrole nitrogens is 1. The lowest BCUT2D eigenvalue weighted by atomic mass is 9.95. The van der Waals surface area contributed by atoms with Gasteiger partial charge in [0.25, 0.3) is 5.91 Å². The van der Waals surface area contributed by atoms with Crippen molar-refractivity contribution >= 4 is 11.9 Å². The number of piperidine rings is 1. The summed E-state index contributed by atoms with van der Waals surface area (Å²) in [6.45, 7) is 7.67. The van der Waals surface area contributed by atoms with E-state index in [2.05, 4.69) is 21.5 Å². The predicted molar refractivity (Wildman–Crippen MR) is 93.0 cm³/mol. The van der Waals surface area contributed by atoms with Crippen LogP contribution in [0.25, 0.3) is 0 Å². The fraction of sp³-hybridized carbons (Fsp3) is 0.500. The van der Waals surface area contributed by atoms with Gasteiger partial charge in [-0.2, -0.15) is 0 Å². The van der Waals surface area contributed by atoms with E-state index in [1.165, 1.54) is 0 Å². The fourth-order valence-corrected chi connectivity index (χ4v) is 3.73. The van der Waals surface area contributed by atoms with Crippen LogP contribution in [-0.2, 0) is 6.54 Å². The number of carboxylic acids is 1. The first-order valence-electron chi connectivity index (χ1n) is 8.66. The smallest absolute Gasteiger partial charge is 0.337 e. The van der Waals surface area contributed by atoms with E-state index < -0.39 is 5.97 Å². The zero-order chi connectivity index (χ0) is 18.1. The Morgan fingerprint density at radius 1 is 1.32 bits per heavy atom. The summed E-state index contributed by atoms with van der Waals surface area (Å²) in [4.78, 5) is 33.4. The van der Waals surface area contributed by atoms with Crippen molar-refractivity contribution in [1.29, 1.82) is 0 Å². The zero-order valence-electron chi connectivity index (χ0n) is 14.9. The normalized spacial score (nSPS) is 15.6. The molecule has 3 rings (SSSR count). The van der Waals surface area contributed by atoms with Gasteiger partial charge in [0, 0.05) is 43.6 Å². The number of nitrogens with one attached hydrogen (secondary N) is 1. The van der Waals surface area contributed by atoms with Crippen LogP contribution in [0.5, 0.6) is 0 Å². The summed E-state index contributed by atoms with van der Waals surface area (Å²) in [5.74, 6) is 0.329. The standard InChI is InChI=1S/C18H24N4O3/c1-4-21-10-7-19-16(21)13-5-8-22(9-6-13)17(23)15-11(2)14(18(24)25)12(3)20-15/h7,10,13,20H,4-6,8-9H2,1-3H3,(H,24,25). The Kier molecular flexibility index (Phi) is 4.65. The molecule has 0 radical (unpaired) electrons. The number of aromatic carboxylic acids is 1. The number of rotatable bonds is 4. The fourth-order valence-electron chi connectivity index (χ4n) is 3.73. The molecule has 1 saturated heterocycles. The van der Waals surface area contributed by atoms with Crippen molar-refractivity contribution in [2.45, 2.75) is 46.1 Å². The molecule has 1 amide bonds. The van der Waals surface area contributed by atoms with Crippen molar-refractivity contribution < 1.29 is 14.7 Å². The molecule has 0 atom stereocenters. The van der Waals surface area contributed by atoms with Crippen LogP contribution in [0.1, 0.15) is 63.6 Å². The molecule has 2 aromatic heterocycles. The zero-order valence-corrected chi connectivity index (χ0v) is 14.9. The van der Waals surface area contributed by atoms with Gasteiger partial charge in [0.05, 0.1) is 5.56 Å². The SMILES string of the molecule is CCn1ccnc1C1CCN(C(=O)c2[nH]c(C)c(C(=O)O)c2C)CC1. The molecule has 25 heavy (non-hydrogen) atoms. The number of amides is 1. The molecule has 2 N–H and O–H groups in total. The molecule has 0 aliphatic carbocycles. The second-order valence-corrected chi connectivity index (χ2v) is 6.57. The minimum atomic E-state index is -1.00. The van der Waals surface area contributed by atoms with E-state index in [1.54, 1.807) is 18.7 Å². The highest BCUT2D eigenvalue weighted by Crippen LogP contribution is 2.28. The maximum atomic E-state index is 12.8. The molecular formula is C18H24N4O3. The van der Waals surface area contributed by atoms with Gasteiger partial charge < -0.3 is 19.6 Å². The topological polar surface area (TPSA) is 91.2 Å². The minimum Gasteiger partial charge on any atom is -0.478 e. The lowest BCUT2D eigenvalue weighted by molar-refractivity contribution is 0.0694. The third kappa shape index (κ3) is 3.06. The molecule has 0 aromatic carbocycles. The highest BCUT2D eigenvalue weighted by atomic mass is 16.4. The van der Waals surface area contributed by atoms with E-state index in [0.29, 0.717) is 36.0 Å². The first-order valence-corrected chi connectivity index (χ1v) is 8.66. The number of aromatic nitrogens is 3. The summed E-state index contributed by atoms with van der Waals surface area (Å²) in [7, 11) is 0. The van der Waals surface area contributed by atoms with Crippen LogP contribution in [0, 0.1) is 13.8 Å². The summed E-state index contributed by atoms with van der Waals surface area (Å²) in [6, 6.07) is 0. The quantitative estimate of drug-likeness (QED) is 0.892. The first kappa shape index (κ1) is 17.3. The van der Waals surface area contributed by atoms with Crippen molar-refractivity contribution in [3.05, 3.63) is 40.7 Å². The Morgan fingerprint density at radius 3 is 2.56 bits per heavy atom. The number of aromatic amines is 1. The molecule has 7 heteroatoms. The molecule has 1 aliphatic heterocycles. The predicted octanol–water partition coefficient (Wildman–Crippen LogP) is 2.57. The number of carbonyl (C=O) groups is 2. The molecule has 3 heterocycles. The van der Waals surface area contributed by atoms with Crippen molar-refractivity contribution in [3.8, 4) is 0 Å². The van der Waals surface area contributed by atoms with Crippen LogP contribution < -0.4 is 0 Å². The summed E-state index contributed by atoms with van der Waals surface area (Å²) in [6.07, 6.45) is 5.56. The van der Waals surface area contributed by atoms with Crippen LogP contribution in [0.3, 0.4) is 0 Å². The van der Waals surface area contributed by atoms with E-state index in [0.717, 1.165) is 25.2 Å². The lowest BCUT2D eigenvalue weighted by Crippen LogP contribution is -2.38. The molecule has 0 spiro atoms. The number of hydrogen-bond acceptors (Lipinski definition) is 3. The third-order valence-electron chi connectivity index (χ3n) is 5.10. The first-order chi connectivity index (χ1) is 11.9. The maximum Gasteiger partial charge on any atom is 0.337 e. The number of aryl methyl sites for hydroxylation is 2. The van der Waals surface area contributed by atoms with Gasteiger partial charge in [0.2, 0.25) is 0 Å². The average Bonchev–Trinajstić information content (AvgIpc) is 3.18. The second-order valence-electron chi connectivity index (χ2n) is 6.57. The van der Waals surface area contributed by atoms with Gasteiger partial charge in [-0.15, -0.1) is 0 Å². The summed E-state index contributed by atoms with van der Waals surface area (Å²) < 4.78 is 2.15. The Hall–Kier alpha value is -2.57. The maximum absolute atomic E-state index is 12.8. The molecule has 2 aromatic rings. The molecule has 0 saturated carbocycles. The second kappa shape index (κ2) is 6.74. The van der Waals surface area contributed by atoms with Gasteiger partial charge in [-0.1, -0.05) is 0 Å². The van der Waals surface area contributed by atoms with Gasteiger partial charge in [-0.3, -0.25) is 4.79 Å². The van der Waals surface area contributed by atoms with Crippen molar-refractivity contribution in [1.82, 2.24) is 19.4 Å². The number of carboxylic acid groups (broad SMARTS) is 1. The molecular weight excluding hydrogens is 320 g/mol. The van der Waals surface area contributed by atoms with Gasteiger partial charge >= 0.3 is 5.97 Å². The van der Waals surface area contributed by atoms with Gasteiger partial charge in [-0.25, -0.2) is 9.78 Å². The highest BCUT2D eigenvalue weighted by Gasteiger charge is 2.29. The van der Waals surface area contributed by atoms with E-state index in [4.69, 9.17) is 0 Å². The molecule has 134 valence electrons. The van der Waals surface area contributed by atoms with Crippen LogP contribution >= 0.6 is 0 Å². The Bertz CT molecular complexity index is 797. The van der Waals surface area contributed by atoms with Crippen molar-refractivity contribution in [2.24, 2.45) is 0 Å². The van der Waals surface area contributed by atoms with Crippen LogP contribution in [0.2, 0.25) is 0 Å². The molecule has 0 bridgehead atoms. The number of imidazole rings is 1. The Morgan fingerprint density at radius 2 is 2.00 bits per heavy atom. The van der Waals surface area contributed by atoms with E-state index in [-0.39, 0.29) is 11.5 Å². The van der Waals surface area contributed by atoms with Crippen LogP contribution in [-0.4, -0.2) is 49.5 Å². The number of nitrogens with zero attached hydrogens (tertiary/aromatic N) is 3. The van der Waals surface area contributed by atoms with Gasteiger partial charge in [0.1, 0.15) is 11.5 Å². The minimum absolute atomic E-state index is 0.120. The van der Waals surface area contributed by atoms with Crippen LogP contribution in [0.15, 0.2) is 12.4 Å². The van der Waals surface area contributed by atoms with Gasteiger partial charge in [0.15, 0.2) is 0 Å². The summed E-state index contributed by atoms with van der Waals surface area (Å²) in [5.41, 5.74) is 1.62. The monoisotopic (exact) mass is 344 g/mol. The third-order valence-corrected chi connectivity index (χ3v) is 5.10. The molecule has 1 fully saturated rings. The van der Waals surface area contributed by atoms with Crippen molar-refractivity contribution in [3.63, 3.8) is 0 Å². The van der Waals surface area contributed by atoms with Gasteiger partial charge in [-0.05, 0) is 39.2 Å². The van der Waals surface area contributed by atoms with Crippen LogP contribution in [0.4, 0.5) is 0 Å². The highest BCUT2D eigenvalue weighted by molar-refractivity contribution is 6.00. The lowest BCUT2D eigenvalue weighted by Gasteiger charge is -2.31. The summed E-state index contributed by atoms with van der Waals surface area (Å²) >= 11 is 0. The molecule has 0 unspecified atom stereocenters. The van der Waals surface area contributed by atoms with E-state index in [9.17, 15) is 14.7 Å². The Labute approximate surface area is 146 Å². The molecule has 1 aliphatic rings. The molecule has 7 nitrogen and oxygen atoms in total. The number of carbonyl (C=O) groups excluding carboxylic acids is 1. The number of likely N-dealkylation sites (tertiary alicyclic amines) is 1. The largest absolute Gasteiger partial charge is 0.478 e. The van der Waals surface area contributed by atoms with Crippen molar-refractivity contribution in [2.75, 3.05) is 13.1 Å². The van der Waals surface area contributed by atoms with E-state index in [1.807, 2.05) is 12.4 Å². The summed E-state index contributed by atoms with van der Waals surface area (Å²) in [5, 5.41) is 9.29. The average molecular weight is 344 g/mol. The Balaban J connectivity index is 1.72.